The summed E-state index contributed by atoms with van der Waals surface area (Å²) in [7, 11) is 0. The predicted octanol–water partition coefficient (Wildman–Crippen LogP) is 3.14. The van der Waals surface area contributed by atoms with Crippen molar-refractivity contribution >= 4 is 0 Å². The number of rotatable bonds is 4. The molecule has 0 spiro atoms. The molecule has 1 N–H and O–H groups in total. The normalized spacial score (nSPS) is 20.1. The SMILES string of the molecule is Cc1cn[nH]c1[C@H]1CCCN(CCc2ccccc2)C1. The van der Waals surface area contributed by atoms with Gasteiger partial charge in [-0.05, 0) is 43.9 Å². The Morgan fingerprint density at radius 1 is 1.30 bits per heavy atom. The molecule has 1 aromatic heterocycles. The van der Waals surface area contributed by atoms with Crippen molar-refractivity contribution < 1.29 is 0 Å². The minimum Gasteiger partial charge on any atom is -0.302 e. The first-order valence-electron chi connectivity index (χ1n) is 7.59. The van der Waals surface area contributed by atoms with Crippen LogP contribution in [0, 0.1) is 6.92 Å². The molecule has 0 saturated carbocycles. The molecule has 1 aliphatic rings. The molecule has 1 atom stereocenters. The van der Waals surface area contributed by atoms with Crippen molar-refractivity contribution in [3.63, 3.8) is 0 Å². The lowest BCUT2D eigenvalue weighted by Gasteiger charge is -2.32. The Morgan fingerprint density at radius 2 is 2.15 bits per heavy atom. The first-order chi connectivity index (χ1) is 9.83. The molecule has 3 nitrogen and oxygen atoms in total. The van der Waals surface area contributed by atoms with Crippen molar-refractivity contribution in [2.24, 2.45) is 0 Å². The second-order valence-corrected chi connectivity index (χ2v) is 5.84. The first kappa shape index (κ1) is 13.4. The van der Waals surface area contributed by atoms with Gasteiger partial charge in [0.15, 0.2) is 0 Å². The van der Waals surface area contributed by atoms with Gasteiger partial charge in [-0.3, -0.25) is 5.10 Å². The molecular formula is C17H23N3. The summed E-state index contributed by atoms with van der Waals surface area (Å²) >= 11 is 0. The summed E-state index contributed by atoms with van der Waals surface area (Å²) in [5, 5.41) is 7.36. The van der Waals surface area contributed by atoms with E-state index in [0.29, 0.717) is 5.92 Å². The lowest BCUT2D eigenvalue weighted by molar-refractivity contribution is 0.208. The fourth-order valence-electron chi connectivity index (χ4n) is 3.20. The number of hydrogen-bond acceptors (Lipinski definition) is 2. The lowest BCUT2D eigenvalue weighted by Crippen LogP contribution is -2.36. The van der Waals surface area contributed by atoms with Crippen LogP contribution in [0.4, 0.5) is 0 Å². The van der Waals surface area contributed by atoms with Gasteiger partial charge in [-0.2, -0.15) is 5.10 Å². The zero-order chi connectivity index (χ0) is 13.8. The standard InChI is InChI=1S/C17H23N3/c1-14-12-18-19-17(14)16-8-5-10-20(13-16)11-9-15-6-3-2-4-7-15/h2-4,6-7,12,16H,5,8-11,13H2,1H3,(H,18,19)/t16-/m0/s1. The van der Waals surface area contributed by atoms with Crippen LogP contribution < -0.4 is 0 Å². The van der Waals surface area contributed by atoms with Gasteiger partial charge in [-0.15, -0.1) is 0 Å². The van der Waals surface area contributed by atoms with Crippen LogP contribution in [0.3, 0.4) is 0 Å². The Balaban J connectivity index is 1.57. The number of aromatic amines is 1. The molecule has 0 bridgehead atoms. The van der Waals surface area contributed by atoms with Crippen molar-refractivity contribution in [3.8, 4) is 0 Å². The smallest absolute Gasteiger partial charge is 0.0519 e. The summed E-state index contributed by atoms with van der Waals surface area (Å²) < 4.78 is 0. The van der Waals surface area contributed by atoms with Crippen molar-refractivity contribution in [1.82, 2.24) is 15.1 Å². The Labute approximate surface area is 121 Å². The number of likely N-dealkylation sites (tertiary alicyclic amines) is 1. The van der Waals surface area contributed by atoms with E-state index in [1.165, 1.54) is 36.2 Å². The molecule has 3 rings (SSSR count). The number of nitrogens with zero attached hydrogens (tertiary/aromatic N) is 2. The molecule has 2 heterocycles. The van der Waals surface area contributed by atoms with Gasteiger partial charge in [0.25, 0.3) is 0 Å². The number of piperidine rings is 1. The zero-order valence-corrected chi connectivity index (χ0v) is 12.2. The maximum Gasteiger partial charge on any atom is 0.0519 e. The van der Waals surface area contributed by atoms with Gasteiger partial charge in [0.05, 0.1) is 6.20 Å². The molecule has 1 aliphatic heterocycles. The number of aryl methyl sites for hydroxylation is 1. The predicted molar refractivity (Wildman–Crippen MR) is 81.9 cm³/mol. The zero-order valence-electron chi connectivity index (χ0n) is 12.2. The van der Waals surface area contributed by atoms with Gasteiger partial charge in [-0.1, -0.05) is 30.3 Å². The largest absolute Gasteiger partial charge is 0.302 e. The summed E-state index contributed by atoms with van der Waals surface area (Å²) in [5.74, 6) is 0.627. The van der Waals surface area contributed by atoms with Crippen LogP contribution in [-0.4, -0.2) is 34.7 Å². The molecule has 0 aliphatic carbocycles. The minimum absolute atomic E-state index is 0.627. The van der Waals surface area contributed by atoms with Crippen LogP contribution in [0.1, 0.15) is 35.6 Å². The Hall–Kier alpha value is -1.61. The number of nitrogens with one attached hydrogen (secondary N) is 1. The second-order valence-electron chi connectivity index (χ2n) is 5.84. The lowest BCUT2D eigenvalue weighted by atomic mass is 9.92. The Bertz CT molecular complexity index is 532. The maximum atomic E-state index is 4.17. The average molecular weight is 269 g/mol. The van der Waals surface area contributed by atoms with E-state index in [2.05, 4.69) is 52.4 Å². The molecule has 106 valence electrons. The van der Waals surface area contributed by atoms with Gasteiger partial charge in [0.1, 0.15) is 0 Å². The van der Waals surface area contributed by atoms with E-state index in [4.69, 9.17) is 0 Å². The second kappa shape index (κ2) is 6.23. The molecule has 0 unspecified atom stereocenters. The van der Waals surface area contributed by atoms with Crippen molar-refractivity contribution in [2.75, 3.05) is 19.6 Å². The van der Waals surface area contributed by atoms with E-state index in [1.807, 2.05) is 6.20 Å². The van der Waals surface area contributed by atoms with Crippen molar-refractivity contribution in [2.45, 2.75) is 32.1 Å². The first-order valence-corrected chi connectivity index (χ1v) is 7.59. The maximum absolute atomic E-state index is 4.17. The monoisotopic (exact) mass is 269 g/mol. The van der Waals surface area contributed by atoms with Gasteiger partial charge in [0, 0.05) is 24.7 Å². The number of hydrogen-bond donors (Lipinski definition) is 1. The van der Waals surface area contributed by atoms with Crippen LogP contribution in [0.15, 0.2) is 36.5 Å². The molecule has 0 radical (unpaired) electrons. The third-order valence-electron chi connectivity index (χ3n) is 4.34. The van der Waals surface area contributed by atoms with E-state index < -0.39 is 0 Å². The van der Waals surface area contributed by atoms with Crippen LogP contribution >= 0.6 is 0 Å². The molecule has 1 fully saturated rings. The van der Waals surface area contributed by atoms with E-state index in [-0.39, 0.29) is 0 Å². The summed E-state index contributed by atoms with van der Waals surface area (Å²) in [6.45, 7) is 5.71. The fraction of sp³-hybridized carbons (Fsp3) is 0.471. The highest BCUT2D eigenvalue weighted by Gasteiger charge is 2.23. The molecular weight excluding hydrogens is 246 g/mol. The number of aromatic nitrogens is 2. The quantitative estimate of drug-likeness (QED) is 0.924. The van der Waals surface area contributed by atoms with Gasteiger partial charge >= 0.3 is 0 Å². The van der Waals surface area contributed by atoms with E-state index >= 15 is 0 Å². The third-order valence-corrected chi connectivity index (χ3v) is 4.34. The van der Waals surface area contributed by atoms with Crippen molar-refractivity contribution in [1.29, 1.82) is 0 Å². The van der Waals surface area contributed by atoms with E-state index in [1.54, 1.807) is 0 Å². The third kappa shape index (κ3) is 3.10. The average Bonchev–Trinajstić information content (AvgIpc) is 2.93. The molecule has 1 saturated heterocycles. The van der Waals surface area contributed by atoms with Crippen molar-refractivity contribution in [3.05, 3.63) is 53.3 Å². The molecule has 20 heavy (non-hydrogen) atoms. The summed E-state index contributed by atoms with van der Waals surface area (Å²) in [6.07, 6.45) is 5.66. The highest BCUT2D eigenvalue weighted by Crippen LogP contribution is 2.27. The number of benzene rings is 1. The Kier molecular flexibility index (Phi) is 4.16. The topological polar surface area (TPSA) is 31.9 Å². The molecule has 0 amide bonds. The summed E-state index contributed by atoms with van der Waals surface area (Å²) in [6, 6.07) is 10.8. The van der Waals surface area contributed by atoms with Gasteiger partial charge in [0.2, 0.25) is 0 Å². The van der Waals surface area contributed by atoms with Crippen LogP contribution in [0.2, 0.25) is 0 Å². The highest BCUT2D eigenvalue weighted by atomic mass is 15.1. The minimum atomic E-state index is 0.627. The molecule has 1 aromatic carbocycles. The van der Waals surface area contributed by atoms with Gasteiger partial charge < -0.3 is 4.90 Å². The van der Waals surface area contributed by atoms with Crippen LogP contribution in [0.25, 0.3) is 0 Å². The molecule has 3 heteroatoms. The highest BCUT2D eigenvalue weighted by molar-refractivity contribution is 5.20. The summed E-state index contributed by atoms with van der Waals surface area (Å²) in [5.41, 5.74) is 4.08. The van der Waals surface area contributed by atoms with Gasteiger partial charge in [-0.25, -0.2) is 0 Å². The Morgan fingerprint density at radius 3 is 2.90 bits per heavy atom. The van der Waals surface area contributed by atoms with Crippen LogP contribution in [-0.2, 0) is 6.42 Å². The molecule has 2 aromatic rings. The number of H-pyrrole nitrogens is 1. The fourth-order valence-corrected chi connectivity index (χ4v) is 3.20. The van der Waals surface area contributed by atoms with E-state index in [0.717, 1.165) is 19.5 Å². The van der Waals surface area contributed by atoms with Crippen LogP contribution in [0.5, 0.6) is 0 Å². The summed E-state index contributed by atoms with van der Waals surface area (Å²) in [4.78, 5) is 2.60. The van der Waals surface area contributed by atoms with E-state index in [9.17, 15) is 0 Å².